The van der Waals surface area contributed by atoms with Gasteiger partial charge in [0.25, 0.3) is 0 Å². The Hall–Kier alpha value is -1.23. The fraction of sp³-hybridized carbons (Fsp3) is 0.300. The molecule has 1 aliphatic heterocycles. The molecule has 1 heterocycles. The number of ether oxygens (including phenoxy) is 2. The first-order chi connectivity index (χ1) is 7.20. The van der Waals surface area contributed by atoms with Crippen LogP contribution in [0.2, 0.25) is 0 Å². The zero-order chi connectivity index (χ0) is 10.8. The minimum atomic E-state index is -0.384. The maximum absolute atomic E-state index is 10.9. The molecule has 0 bridgehead atoms. The van der Waals surface area contributed by atoms with Gasteiger partial charge in [-0.05, 0) is 12.1 Å². The topological polar surface area (TPSA) is 47.6 Å². The average Bonchev–Trinajstić information content (AvgIpc) is 2.64. The lowest BCUT2D eigenvalue weighted by Crippen LogP contribution is -2.18. The van der Waals surface area contributed by atoms with E-state index in [1.54, 1.807) is 7.11 Å². The molecule has 0 radical (unpaired) electrons. The number of rotatable bonds is 2. The molecule has 1 amide bonds. The number of hydrogen-bond acceptors (Lipinski definition) is 3. The predicted molar refractivity (Wildman–Crippen MR) is 57.9 cm³/mol. The van der Waals surface area contributed by atoms with Gasteiger partial charge in [0, 0.05) is 10.0 Å². The summed E-state index contributed by atoms with van der Waals surface area (Å²) in [5.74, 6) is 0.736. The number of carbonyl (C=O) groups excluding carboxylic acids is 1. The molecule has 0 spiro atoms. The Morgan fingerprint density at radius 1 is 1.60 bits per heavy atom. The van der Waals surface area contributed by atoms with Crippen molar-refractivity contribution in [2.24, 2.45) is 0 Å². The number of nitrogens with one attached hydrogen (secondary N) is 1. The molecule has 4 nitrogen and oxygen atoms in total. The van der Waals surface area contributed by atoms with Gasteiger partial charge in [0.15, 0.2) is 0 Å². The third-order valence-electron chi connectivity index (χ3n) is 2.24. The summed E-state index contributed by atoms with van der Waals surface area (Å²) in [5, 5.41) is 2.71. The Balaban J connectivity index is 2.31. The van der Waals surface area contributed by atoms with Crippen molar-refractivity contribution >= 4 is 22.0 Å². The standard InChI is InChI=1S/C10H10BrNO3/c1-14-9-4-6(11)2-3-7(9)8-5-15-10(13)12-8/h2-4,8H,5H2,1H3,(H,12,13). The van der Waals surface area contributed by atoms with Crippen LogP contribution in [0.25, 0.3) is 0 Å². The highest BCUT2D eigenvalue weighted by Gasteiger charge is 2.26. The van der Waals surface area contributed by atoms with Crippen LogP contribution in [0.15, 0.2) is 22.7 Å². The number of halogens is 1. The van der Waals surface area contributed by atoms with E-state index in [4.69, 9.17) is 9.47 Å². The molecule has 1 saturated heterocycles. The minimum Gasteiger partial charge on any atom is -0.496 e. The van der Waals surface area contributed by atoms with Crippen molar-refractivity contribution in [2.75, 3.05) is 13.7 Å². The summed E-state index contributed by atoms with van der Waals surface area (Å²) >= 11 is 3.36. The van der Waals surface area contributed by atoms with Crippen LogP contribution in [0, 0.1) is 0 Å². The van der Waals surface area contributed by atoms with Crippen molar-refractivity contribution in [1.29, 1.82) is 0 Å². The molecule has 80 valence electrons. The van der Waals surface area contributed by atoms with Crippen LogP contribution < -0.4 is 10.1 Å². The largest absolute Gasteiger partial charge is 0.496 e. The summed E-state index contributed by atoms with van der Waals surface area (Å²) in [7, 11) is 1.60. The normalized spacial score (nSPS) is 19.6. The molecule has 5 heteroatoms. The van der Waals surface area contributed by atoms with Gasteiger partial charge in [-0.1, -0.05) is 22.0 Å². The van der Waals surface area contributed by atoms with E-state index in [9.17, 15) is 4.79 Å². The Bertz CT molecular complexity index is 394. The van der Waals surface area contributed by atoms with Gasteiger partial charge in [0.2, 0.25) is 0 Å². The minimum absolute atomic E-state index is 0.124. The molecule has 1 aromatic carbocycles. The second kappa shape index (κ2) is 4.10. The van der Waals surface area contributed by atoms with E-state index in [2.05, 4.69) is 21.2 Å². The van der Waals surface area contributed by atoms with E-state index in [1.165, 1.54) is 0 Å². The van der Waals surface area contributed by atoms with E-state index < -0.39 is 0 Å². The van der Waals surface area contributed by atoms with E-state index in [-0.39, 0.29) is 12.1 Å². The number of amides is 1. The molecule has 0 aliphatic carbocycles. The number of carbonyl (C=O) groups is 1. The van der Waals surface area contributed by atoms with Gasteiger partial charge >= 0.3 is 6.09 Å². The Morgan fingerprint density at radius 2 is 2.40 bits per heavy atom. The number of alkyl carbamates (subject to hydrolysis) is 1. The van der Waals surface area contributed by atoms with Crippen LogP contribution >= 0.6 is 15.9 Å². The maximum Gasteiger partial charge on any atom is 0.407 e. The highest BCUT2D eigenvalue weighted by molar-refractivity contribution is 9.10. The second-order valence-corrected chi connectivity index (χ2v) is 4.10. The second-order valence-electron chi connectivity index (χ2n) is 3.18. The van der Waals surface area contributed by atoms with Gasteiger partial charge in [-0.3, -0.25) is 0 Å². The first-order valence-electron chi connectivity index (χ1n) is 4.47. The molecule has 0 saturated carbocycles. The van der Waals surface area contributed by atoms with E-state index >= 15 is 0 Å². The highest BCUT2D eigenvalue weighted by atomic mass is 79.9. The van der Waals surface area contributed by atoms with Crippen molar-refractivity contribution in [2.45, 2.75) is 6.04 Å². The van der Waals surface area contributed by atoms with E-state index in [0.29, 0.717) is 6.61 Å². The smallest absolute Gasteiger partial charge is 0.407 e. The Labute approximate surface area is 95.7 Å². The van der Waals surface area contributed by atoms with Crippen molar-refractivity contribution in [3.63, 3.8) is 0 Å². The summed E-state index contributed by atoms with van der Waals surface area (Å²) in [4.78, 5) is 10.9. The molecule has 2 rings (SSSR count). The van der Waals surface area contributed by atoms with Crippen LogP contribution in [-0.2, 0) is 4.74 Å². The Kier molecular flexibility index (Phi) is 2.81. The van der Waals surface area contributed by atoms with Gasteiger partial charge < -0.3 is 14.8 Å². The molecule has 1 unspecified atom stereocenters. The fourth-order valence-corrected chi connectivity index (χ4v) is 1.87. The SMILES string of the molecule is COc1cc(Br)ccc1C1COC(=O)N1. The van der Waals surface area contributed by atoms with Crippen molar-refractivity contribution in [3.05, 3.63) is 28.2 Å². The predicted octanol–water partition coefficient (Wildman–Crippen LogP) is 2.24. The summed E-state index contributed by atoms with van der Waals surface area (Å²) in [6, 6.07) is 5.55. The van der Waals surface area contributed by atoms with E-state index in [0.717, 1.165) is 15.8 Å². The Morgan fingerprint density at radius 3 is 3.00 bits per heavy atom. The van der Waals surface area contributed by atoms with Gasteiger partial charge in [-0.15, -0.1) is 0 Å². The molecule has 1 atom stereocenters. The van der Waals surface area contributed by atoms with Gasteiger partial charge in [0.05, 0.1) is 13.2 Å². The van der Waals surface area contributed by atoms with Crippen LogP contribution in [0.3, 0.4) is 0 Å². The third kappa shape index (κ3) is 2.07. The van der Waals surface area contributed by atoms with Crippen molar-refractivity contribution < 1.29 is 14.3 Å². The third-order valence-corrected chi connectivity index (χ3v) is 2.74. The molecule has 1 fully saturated rings. The molecule has 1 aromatic rings. The van der Waals surface area contributed by atoms with Crippen LogP contribution in [0.4, 0.5) is 4.79 Å². The number of hydrogen-bond donors (Lipinski definition) is 1. The van der Waals surface area contributed by atoms with Crippen LogP contribution in [0.1, 0.15) is 11.6 Å². The average molecular weight is 272 g/mol. The number of cyclic esters (lactones) is 1. The molecule has 0 aromatic heterocycles. The summed E-state index contributed by atoms with van der Waals surface area (Å²) in [6.45, 7) is 0.344. The molecular formula is C10H10BrNO3. The van der Waals surface area contributed by atoms with Gasteiger partial charge in [-0.2, -0.15) is 0 Å². The first kappa shape index (κ1) is 10.3. The number of benzene rings is 1. The lowest BCUT2D eigenvalue weighted by Gasteiger charge is -2.12. The van der Waals surface area contributed by atoms with Gasteiger partial charge in [-0.25, -0.2) is 4.79 Å². The van der Waals surface area contributed by atoms with E-state index in [1.807, 2.05) is 18.2 Å². The summed E-state index contributed by atoms with van der Waals surface area (Å²) in [5.41, 5.74) is 0.923. The number of methoxy groups -OCH3 is 1. The van der Waals surface area contributed by atoms with Gasteiger partial charge in [0.1, 0.15) is 12.4 Å². The van der Waals surface area contributed by atoms with Crippen molar-refractivity contribution in [3.8, 4) is 5.75 Å². The maximum atomic E-state index is 10.9. The summed E-state index contributed by atoms with van der Waals surface area (Å²) in [6.07, 6.45) is -0.384. The zero-order valence-corrected chi connectivity index (χ0v) is 9.71. The summed E-state index contributed by atoms with van der Waals surface area (Å²) < 4.78 is 11.0. The molecule has 1 N–H and O–H groups in total. The van der Waals surface area contributed by atoms with Crippen LogP contribution in [0.5, 0.6) is 5.75 Å². The lowest BCUT2D eigenvalue weighted by atomic mass is 10.1. The zero-order valence-electron chi connectivity index (χ0n) is 8.12. The molecular weight excluding hydrogens is 262 g/mol. The highest BCUT2D eigenvalue weighted by Crippen LogP contribution is 2.30. The van der Waals surface area contributed by atoms with Crippen LogP contribution in [-0.4, -0.2) is 19.8 Å². The fourth-order valence-electron chi connectivity index (χ4n) is 1.52. The molecule has 15 heavy (non-hydrogen) atoms. The quantitative estimate of drug-likeness (QED) is 0.898. The van der Waals surface area contributed by atoms with Crippen molar-refractivity contribution in [1.82, 2.24) is 5.32 Å². The lowest BCUT2D eigenvalue weighted by molar-refractivity contribution is 0.177. The monoisotopic (exact) mass is 271 g/mol. The first-order valence-corrected chi connectivity index (χ1v) is 5.26. The molecule has 1 aliphatic rings.